The second-order valence-corrected chi connectivity index (χ2v) is 5.43. The van der Waals surface area contributed by atoms with Gasteiger partial charge in [-0.3, -0.25) is 0 Å². The van der Waals surface area contributed by atoms with E-state index in [0.717, 1.165) is 18.2 Å². The summed E-state index contributed by atoms with van der Waals surface area (Å²) in [6.07, 6.45) is 5.06. The number of likely N-dealkylation sites (N-methyl/N-ethyl adjacent to an activating group) is 1. The Morgan fingerprint density at radius 1 is 1.26 bits per heavy atom. The van der Waals surface area contributed by atoms with Crippen LogP contribution in [0.5, 0.6) is 0 Å². The summed E-state index contributed by atoms with van der Waals surface area (Å²) in [5.41, 5.74) is 5.93. The molecule has 2 rings (SSSR count). The van der Waals surface area contributed by atoms with Crippen molar-refractivity contribution in [3.63, 3.8) is 0 Å². The quantitative estimate of drug-likeness (QED) is 0.746. The highest BCUT2D eigenvalue weighted by Crippen LogP contribution is 2.33. The number of anilines is 3. The number of nitrogens with two attached hydrogens (primary N) is 1. The molecule has 1 aromatic rings. The van der Waals surface area contributed by atoms with Gasteiger partial charge < -0.3 is 21.3 Å². The van der Waals surface area contributed by atoms with E-state index in [1.54, 1.807) is 0 Å². The molecule has 0 aliphatic heterocycles. The average Bonchev–Trinajstić information content (AvgIpc) is 2.86. The van der Waals surface area contributed by atoms with Crippen LogP contribution in [-0.4, -0.2) is 48.1 Å². The molecule has 1 aliphatic carbocycles. The first-order chi connectivity index (χ1) is 9.05. The fourth-order valence-corrected chi connectivity index (χ4v) is 2.75. The SMILES string of the molecule is CNc1cc(NCC2(N(C)C)CCCC2)nc(N)n1. The van der Waals surface area contributed by atoms with E-state index in [2.05, 4.69) is 39.6 Å². The lowest BCUT2D eigenvalue weighted by molar-refractivity contribution is 0.172. The Morgan fingerprint density at radius 3 is 2.47 bits per heavy atom. The van der Waals surface area contributed by atoms with Crippen LogP contribution in [0.3, 0.4) is 0 Å². The topological polar surface area (TPSA) is 79.1 Å². The highest BCUT2D eigenvalue weighted by atomic mass is 15.2. The van der Waals surface area contributed by atoms with Gasteiger partial charge in [0.05, 0.1) is 0 Å². The molecule has 106 valence electrons. The summed E-state index contributed by atoms with van der Waals surface area (Å²) in [4.78, 5) is 10.6. The number of nitrogens with one attached hydrogen (secondary N) is 2. The van der Waals surface area contributed by atoms with Gasteiger partial charge >= 0.3 is 0 Å². The molecule has 0 unspecified atom stereocenters. The maximum absolute atomic E-state index is 5.70. The fraction of sp³-hybridized carbons (Fsp3) is 0.692. The van der Waals surface area contributed by atoms with Crippen molar-refractivity contribution in [2.45, 2.75) is 31.2 Å². The Labute approximate surface area is 114 Å². The highest BCUT2D eigenvalue weighted by molar-refractivity contribution is 5.50. The minimum absolute atomic E-state index is 0.236. The Hall–Kier alpha value is -1.56. The zero-order valence-corrected chi connectivity index (χ0v) is 12.0. The summed E-state index contributed by atoms with van der Waals surface area (Å²) in [5.74, 6) is 1.81. The predicted molar refractivity (Wildman–Crippen MR) is 79.4 cm³/mol. The predicted octanol–water partition coefficient (Wildman–Crippen LogP) is 1.39. The van der Waals surface area contributed by atoms with Gasteiger partial charge in [-0.1, -0.05) is 12.8 Å². The molecule has 1 heterocycles. The van der Waals surface area contributed by atoms with Crippen molar-refractivity contribution in [2.24, 2.45) is 0 Å². The van der Waals surface area contributed by atoms with Crippen molar-refractivity contribution in [3.8, 4) is 0 Å². The molecule has 1 fully saturated rings. The third-order valence-electron chi connectivity index (χ3n) is 4.08. The molecule has 0 spiro atoms. The summed E-state index contributed by atoms with van der Waals surface area (Å²) < 4.78 is 0. The van der Waals surface area contributed by atoms with Crippen molar-refractivity contribution >= 4 is 17.6 Å². The molecule has 1 saturated carbocycles. The van der Waals surface area contributed by atoms with Crippen molar-refractivity contribution in [2.75, 3.05) is 44.1 Å². The van der Waals surface area contributed by atoms with Gasteiger partial charge in [0.15, 0.2) is 0 Å². The van der Waals surface area contributed by atoms with Crippen LogP contribution in [0.2, 0.25) is 0 Å². The van der Waals surface area contributed by atoms with Crippen LogP contribution in [0.1, 0.15) is 25.7 Å². The van der Waals surface area contributed by atoms with Crippen molar-refractivity contribution in [3.05, 3.63) is 6.07 Å². The molecule has 0 saturated heterocycles. The number of hydrogen-bond acceptors (Lipinski definition) is 6. The minimum atomic E-state index is 0.236. The molecular formula is C13H24N6. The van der Waals surface area contributed by atoms with Crippen molar-refractivity contribution < 1.29 is 0 Å². The van der Waals surface area contributed by atoms with Crippen molar-refractivity contribution in [1.82, 2.24) is 14.9 Å². The number of hydrogen-bond donors (Lipinski definition) is 3. The molecule has 19 heavy (non-hydrogen) atoms. The lowest BCUT2D eigenvalue weighted by Gasteiger charge is -2.36. The lowest BCUT2D eigenvalue weighted by atomic mass is 9.96. The largest absolute Gasteiger partial charge is 0.373 e. The van der Waals surface area contributed by atoms with E-state index >= 15 is 0 Å². The smallest absolute Gasteiger partial charge is 0.223 e. The van der Waals surface area contributed by atoms with E-state index in [4.69, 9.17) is 5.73 Å². The van der Waals surface area contributed by atoms with E-state index in [9.17, 15) is 0 Å². The lowest BCUT2D eigenvalue weighted by Crippen LogP contribution is -2.47. The monoisotopic (exact) mass is 264 g/mol. The van der Waals surface area contributed by atoms with Gasteiger partial charge in [0.1, 0.15) is 11.6 Å². The van der Waals surface area contributed by atoms with E-state index < -0.39 is 0 Å². The van der Waals surface area contributed by atoms with Gasteiger partial charge in [-0.2, -0.15) is 9.97 Å². The summed E-state index contributed by atoms with van der Waals surface area (Å²) in [6, 6.07) is 1.88. The molecule has 0 radical (unpaired) electrons. The molecule has 4 N–H and O–H groups in total. The minimum Gasteiger partial charge on any atom is -0.373 e. The third-order valence-corrected chi connectivity index (χ3v) is 4.08. The summed E-state index contributed by atoms with van der Waals surface area (Å²) in [6.45, 7) is 0.888. The van der Waals surface area contributed by atoms with E-state index in [1.165, 1.54) is 25.7 Å². The van der Waals surface area contributed by atoms with Crippen molar-refractivity contribution in [1.29, 1.82) is 0 Å². The van der Waals surface area contributed by atoms with Gasteiger partial charge in [0.2, 0.25) is 5.95 Å². The summed E-state index contributed by atoms with van der Waals surface area (Å²) >= 11 is 0. The van der Waals surface area contributed by atoms with Crippen LogP contribution in [0.25, 0.3) is 0 Å². The molecule has 1 aliphatic rings. The molecule has 0 bridgehead atoms. The number of nitrogens with zero attached hydrogens (tertiary/aromatic N) is 3. The first-order valence-corrected chi connectivity index (χ1v) is 6.79. The summed E-state index contributed by atoms with van der Waals surface area (Å²) in [5, 5.41) is 6.40. The first-order valence-electron chi connectivity index (χ1n) is 6.79. The van der Waals surface area contributed by atoms with Crippen LogP contribution >= 0.6 is 0 Å². The molecule has 6 nitrogen and oxygen atoms in total. The maximum Gasteiger partial charge on any atom is 0.223 e. The maximum atomic E-state index is 5.70. The number of rotatable bonds is 5. The Kier molecular flexibility index (Phi) is 4.09. The molecular weight excluding hydrogens is 240 g/mol. The summed E-state index contributed by atoms with van der Waals surface area (Å²) in [7, 11) is 6.13. The molecule has 0 aromatic carbocycles. The van der Waals surface area contributed by atoms with Crippen LogP contribution in [0.4, 0.5) is 17.6 Å². The normalized spacial score (nSPS) is 17.7. The zero-order chi connectivity index (χ0) is 13.9. The second kappa shape index (κ2) is 5.61. The molecule has 0 atom stereocenters. The Balaban J connectivity index is 2.07. The zero-order valence-electron chi connectivity index (χ0n) is 12.0. The van der Waals surface area contributed by atoms with Gasteiger partial charge in [-0.25, -0.2) is 0 Å². The van der Waals surface area contributed by atoms with Crippen LogP contribution in [0, 0.1) is 0 Å². The van der Waals surface area contributed by atoms with Gasteiger partial charge in [-0.15, -0.1) is 0 Å². The van der Waals surface area contributed by atoms with Crippen LogP contribution in [0.15, 0.2) is 6.07 Å². The van der Waals surface area contributed by atoms with Crippen LogP contribution in [-0.2, 0) is 0 Å². The second-order valence-electron chi connectivity index (χ2n) is 5.43. The highest BCUT2D eigenvalue weighted by Gasteiger charge is 2.35. The molecule has 6 heteroatoms. The molecule has 0 amide bonds. The Morgan fingerprint density at radius 2 is 1.89 bits per heavy atom. The van der Waals surface area contributed by atoms with E-state index in [0.29, 0.717) is 5.95 Å². The molecule has 1 aromatic heterocycles. The number of nitrogen functional groups attached to an aromatic ring is 1. The average molecular weight is 264 g/mol. The van der Waals surface area contributed by atoms with Gasteiger partial charge in [0, 0.05) is 25.2 Å². The van der Waals surface area contributed by atoms with E-state index in [-0.39, 0.29) is 5.54 Å². The Bertz CT molecular complexity index is 425. The third kappa shape index (κ3) is 3.07. The standard InChI is InChI=1S/C13H24N6/c1-15-10-8-11(18-12(14)17-10)16-9-13(19(2)3)6-4-5-7-13/h8H,4-7,9H2,1-3H3,(H4,14,15,16,17,18). The fourth-order valence-electron chi connectivity index (χ4n) is 2.75. The number of aromatic nitrogens is 2. The van der Waals surface area contributed by atoms with E-state index in [1.807, 2.05) is 13.1 Å². The first kappa shape index (κ1) is 13.9. The van der Waals surface area contributed by atoms with Crippen LogP contribution < -0.4 is 16.4 Å². The van der Waals surface area contributed by atoms with Gasteiger partial charge in [-0.05, 0) is 26.9 Å². The van der Waals surface area contributed by atoms with Gasteiger partial charge in [0.25, 0.3) is 0 Å².